The van der Waals surface area contributed by atoms with E-state index in [2.05, 4.69) is 27.1 Å². The minimum Gasteiger partial charge on any atom is -0.368 e. The van der Waals surface area contributed by atoms with Gasteiger partial charge in [0.25, 0.3) is 5.91 Å². The van der Waals surface area contributed by atoms with Crippen molar-refractivity contribution in [3.8, 4) is 0 Å². The molecule has 2 aromatic rings. The Balaban J connectivity index is 1.55. The number of piperazine rings is 1. The smallest absolute Gasteiger partial charge is 0.252 e. The van der Waals surface area contributed by atoms with E-state index in [1.807, 2.05) is 36.5 Å². The molecule has 25 heavy (non-hydrogen) atoms. The highest BCUT2D eigenvalue weighted by atomic mass is 35.5. The molecule has 1 N–H and O–H groups in total. The number of benzene rings is 1. The molecule has 3 rings (SSSR count). The van der Waals surface area contributed by atoms with Crippen LogP contribution in [0.15, 0.2) is 42.7 Å². The van der Waals surface area contributed by atoms with Gasteiger partial charge in [-0.15, -0.1) is 0 Å². The van der Waals surface area contributed by atoms with Crippen LogP contribution in [0, 0.1) is 0 Å². The van der Waals surface area contributed by atoms with Gasteiger partial charge in [-0.2, -0.15) is 0 Å². The molecule has 0 saturated carbocycles. The second-order valence-corrected chi connectivity index (χ2v) is 6.79. The summed E-state index contributed by atoms with van der Waals surface area (Å²) in [5, 5.41) is 3.68. The fourth-order valence-electron chi connectivity index (χ4n) is 2.86. The molecule has 1 fully saturated rings. The van der Waals surface area contributed by atoms with Crippen LogP contribution in [0.25, 0.3) is 0 Å². The summed E-state index contributed by atoms with van der Waals surface area (Å²) in [6.07, 6.45) is 4.22. The number of rotatable bonds is 5. The maximum atomic E-state index is 12.4. The van der Waals surface area contributed by atoms with E-state index in [1.54, 1.807) is 6.20 Å². The van der Waals surface area contributed by atoms with E-state index in [0.29, 0.717) is 12.1 Å². The molecule has 1 amide bonds. The van der Waals surface area contributed by atoms with Crippen LogP contribution in [-0.4, -0.2) is 55.6 Å². The SMILES string of the molecule is CN1CCN(c2cncc(C(=O)NCCc3ccc(Cl)cc3)c2)CC1. The van der Waals surface area contributed by atoms with Crippen LogP contribution in [0.4, 0.5) is 5.69 Å². The van der Waals surface area contributed by atoms with Gasteiger partial charge in [0.2, 0.25) is 0 Å². The number of hydrogen-bond acceptors (Lipinski definition) is 4. The minimum absolute atomic E-state index is 0.0857. The Labute approximate surface area is 153 Å². The van der Waals surface area contributed by atoms with Gasteiger partial charge in [0, 0.05) is 43.9 Å². The number of hydrogen-bond donors (Lipinski definition) is 1. The van der Waals surface area contributed by atoms with Crippen LogP contribution in [0.2, 0.25) is 5.02 Å². The number of nitrogens with zero attached hydrogens (tertiary/aromatic N) is 3. The number of amides is 1. The van der Waals surface area contributed by atoms with Crippen molar-refractivity contribution in [3.05, 3.63) is 58.9 Å². The van der Waals surface area contributed by atoms with Gasteiger partial charge < -0.3 is 15.1 Å². The van der Waals surface area contributed by atoms with E-state index in [-0.39, 0.29) is 5.91 Å². The molecule has 0 radical (unpaired) electrons. The molecular weight excluding hydrogens is 336 g/mol. The van der Waals surface area contributed by atoms with Crippen LogP contribution in [0.3, 0.4) is 0 Å². The average molecular weight is 359 g/mol. The van der Waals surface area contributed by atoms with Gasteiger partial charge in [-0.3, -0.25) is 9.78 Å². The highest BCUT2D eigenvalue weighted by Crippen LogP contribution is 2.16. The summed E-state index contributed by atoms with van der Waals surface area (Å²) in [5.74, 6) is -0.0857. The third-order valence-corrected chi connectivity index (χ3v) is 4.72. The lowest BCUT2D eigenvalue weighted by molar-refractivity contribution is 0.0954. The molecule has 0 aliphatic carbocycles. The number of aromatic nitrogens is 1. The standard InChI is InChI=1S/C19H23ClN4O/c1-23-8-10-24(11-9-23)18-12-16(13-21-14-18)19(25)22-7-6-15-2-4-17(20)5-3-15/h2-5,12-14H,6-11H2,1H3,(H,22,25). The van der Waals surface area contributed by atoms with E-state index in [0.717, 1.165) is 48.9 Å². The molecule has 2 heterocycles. The summed E-state index contributed by atoms with van der Waals surface area (Å²) in [4.78, 5) is 21.2. The first-order valence-corrected chi connectivity index (χ1v) is 8.91. The zero-order chi connectivity index (χ0) is 17.6. The number of carbonyl (C=O) groups excluding carboxylic acids is 1. The fourth-order valence-corrected chi connectivity index (χ4v) is 2.99. The normalized spacial score (nSPS) is 15.2. The average Bonchev–Trinajstić information content (AvgIpc) is 2.64. The molecule has 1 saturated heterocycles. The predicted molar refractivity (Wildman–Crippen MR) is 101 cm³/mol. The third kappa shape index (κ3) is 4.94. The summed E-state index contributed by atoms with van der Waals surface area (Å²) in [6, 6.07) is 9.61. The van der Waals surface area contributed by atoms with E-state index >= 15 is 0 Å². The maximum Gasteiger partial charge on any atom is 0.252 e. The molecule has 0 bridgehead atoms. The zero-order valence-electron chi connectivity index (χ0n) is 14.4. The van der Waals surface area contributed by atoms with Crippen molar-refractivity contribution in [1.29, 1.82) is 0 Å². The number of anilines is 1. The van der Waals surface area contributed by atoms with E-state index in [4.69, 9.17) is 11.6 Å². The topological polar surface area (TPSA) is 48.5 Å². The number of likely N-dealkylation sites (N-methyl/N-ethyl adjacent to an activating group) is 1. The lowest BCUT2D eigenvalue weighted by atomic mass is 10.1. The van der Waals surface area contributed by atoms with Crippen LogP contribution in [0.1, 0.15) is 15.9 Å². The summed E-state index contributed by atoms with van der Waals surface area (Å²) in [6.45, 7) is 4.55. The van der Waals surface area contributed by atoms with Crippen molar-refractivity contribution in [2.75, 3.05) is 44.7 Å². The summed E-state index contributed by atoms with van der Waals surface area (Å²) in [5.41, 5.74) is 2.76. The lowest BCUT2D eigenvalue weighted by Crippen LogP contribution is -2.44. The van der Waals surface area contributed by atoms with Gasteiger partial charge in [-0.25, -0.2) is 0 Å². The third-order valence-electron chi connectivity index (χ3n) is 4.47. The van der Waals surface area contributed by atoms with Crippen molar-refractivity contribution < 1.29 is 4.79 Å². The van der Waals surface area contributed by atoms with E-state index in [9.17, 15) is 4.79 Å². The Bertz CT molecular complexity index is 712. The number of pyridine rings is 1. The maximum absolute atomic E-state index is 12.4. The first kappa shape index (κ1) is 17.7. The summed E-state index contributed by atoms with van der Waals surface area (Å²) < 4.78 is 0. The number of nitrogens with one attached hydrogen (secondary N) is 1. The van der Waals surface area contributed by atoms with Crippen LogP contribution in [-0.2, 0) is 6.42 Å². The largest absolute Gasteiger partial charge is 0.368 e. The Kier molecular flexibility index (Phi) is 5.89. The monoisotopic (exact) mass is 358 g/mol. The van der Waals surface area contributed by atoms with Crippen molar-refractivity contribution in [3.63, 3.8) is 0 Å². The molecule has 1 aromatic carbocycles. The molecule has 6 heteroatoms. The quantitative estimate of drug-likeness (QED) is 0.892. The molecule has 132 valence electrons. The summed E-state index contributed by atoms with van der Waals surface area (Å²) >= 11 is 5.88. The van der Waals surface area contributed by atoms with Gasteiger partial charge in [0.05, 0.1) is 17.4 Å². The Morgan fingerprint density at radius 1 is 1.16 bits per heavy atom. The van der Waals surface area contributed by atoms with Gasteiger partial charge in [0.1, 0.15) is 0 Å². The van der Waals surface area contributed by atoms with Crippen molar-refractivity contribution in [2.24, 2.45) is 0 Å². The Morgan fingerprint density at radius 3 is 2.60 bits per heavy atom. The molecule has 5 nitrogen and oxygen atoms in total. The molecule has 0 atom stereocenters. The molecule has 0 spiro atoms. The summed E-state index contributed by atoms with van der Waals surface area (Å²) in [7, 11) is 2.13. The molecule has 1 aromatic heterocycles. The number of carbonyl (C=O) groups is 1. The van der Waals surface area contributed by atoms with Crippen molar-refractivity contribution in [1.82, 2.24) is 15.2 Å². The Hall–Kier alpha value is -2.11. The van der Waals surface area contributed by atoms with Gasteiger partial charge in [0.15, 0.2) is 0 Å². The molecular formula is C19H23ClN4O. The van der Waals surface area contributed by atoms with E-state index in [1.165, 1.54) is 0 Å². The van der Waals surface area contributed by atoms with Gasteiger partial charge in [-0.1, -0.05) is 23.7 Å². The minimum atomic E-state index is -0.0857. The van der Waals surface area contributed by atoms with Gasteiger partial charge in [-0.05, 0) is 37.2 Å². The first-order chi connectivity index (χ1) is 12.1. The molecule has 1 aliphatic heterocycles. The second-order valence-electron chi connectivity index (χ2n) is 6.35. The van der Waals surface area contributed by atoms with E-state index < -0.39 is 0 Å². The second kappa shape index (κ2) is 8.32. The Morgan fingerprint density at radius 2 is 1.88 bits per heavy atom. The van der Waals surface area contributed by atoms with Crippen molar-refractivity contribution >= 4 is 23.2 Å². The van der Waals surface area contributed by atoms with Crippen LogP contribution < -0.4 is 10.2 Å². The molecule has 0 unspecified atom stereocenters. The highest BCUT2D eigenvalue weighted by molar-refractivity contribution is 6.30. The van der Waals surface area contributed by atoms with Crippen LogP contribution in [0.5, 0.6) is 0 Å². The van der Waals surface area contributed by atoms with Crippen molar-refractivity contribution in [2.45, 2.75) is 6.42 Å². The highest BCUT2D eigenvalue weighted by Gasteiger charge is 2.16. The number of halogens is 1. The molecule has 1 aliphatic rings. The van der Waals surface area contributed by atoms with Gasteiger partial charge >= 0.3 is 0 Å². The first-order valence-electron chi connectivity index (χ1n) is 8.53. The lowest BCUT2D eigenvalue weighted by Gasteiger charge is -2.33. The van der Waals surface area contributed by atoms with Crippen LogP contribution >= 0.6 is 11.6 Å². The predicted octanol–water partition coefficient (Wildman–Crippen LogP) is 2.46. The fraction of sp³-hybridized carbons (Fsp3) is 0.368. The zero-order valence-corrected chi connectivity index (χ0v) is 15.2.